The normalized spacial score (nSPS) is 19.1. The van der Waals surface area contributed by atoms with E-state index in [2.05, 4.69) is 29.2 Å². The van der Waals surface area contributed by atoms with Gasteiger partial charge < -0.3 is 10.2 Å². The predicted octanol–water partition coefficient (Wildman–Crippen LogP) is 1.97. The number of aromatic nitrogens is 2. The number of urea groups is 1. The molecule has 6 nitrogen and oxygen atoms in total. The zero-order chi connectivity index (χ0) is 16.4. The number of likely N-dealkylation sites (tertiary alicyclic amines) is 1. The standard InChI is InChI=1S/C17H29N5O/c1-17(2,21-8-4-5-9-21)13-18-16(23)22(15-6-7-15)12-14-10-19-20(3)11-14/h10-11,15H,4-9,12-13H2,1-3H3,(H,18,23). The van der Waals surface area contributed by atoms with Crippen molar-refractivity contribution in [2.45, 2.75) is 57.7 Å². The molecule has 3 rings (SSSR count). The van der Waals surface area contributed by atoms with Crippen molar-refractivity contribution in [3.8, 4) is 0 Å². The van der Waals surface area contributed by atoms with E-state index in [0.717, 1.165) is 31.5 Å². The molecule has 0 aromatic carbocycles. The molecule has 2 heterocycles. The van der Waals surface area contributed by atoms with Crippen molar-refractivity contribution in [2.75, 3.05) is 19.6 Å². The fraction of sp³-hybridized carbons (Fsp3) is 0.765. The first kappa shape index (κ1) is 16.3. The highest BCUT2D eigenvalue weighted by atomic mass is 16.2. The van der Waals surface area contributed by atoms with E-state index < -0.39 is 0 Å². The Balaban J connectivity index is 1.56. The minimum Gasteiger partial charge on any atom is -0.336 e. The Morgan fingerprint density at radius 2 is 2.09 bits per heavy atom. The van der Waals surface area contributed by atoms with E-state index in [1.807, 2.05) is 24.3 Å². The zero-order valence-electron chi connectivity index (χ0n) is 14.6. The van der Waals surface area contributed by atoms with Gasteiger partial charge in [0.15, 0.2) is 0 Å². The molecule has 0 atom stereocenters. The van der Waals surface area contributed by atoms with Crippen LogP contribution in [0.1, 0.15) is 45.1 Å². The lowest BCUT2D eigenvalue weighted by Gasteiger charge is -2.36. The number of carbonyl (C=O) groups excluding carboxylic acids is 1. The maximum absolute atomic E-state index is 12.7. The van der Waals surface area contributed by atoms with Gasteiger partial charge in [0.2, 0.25) is 0 Å². The molecule has 2 aliphatic rings. The fourth-order valence-corrected chi connectivity index (χ4v) is 3.33. The Labute approximate surface area is 138 Å². The van der Waals surface area contributed by atoms with Gasteiger partial charge in [0.1, 0.15) is 0 Å². The number of nitrogens with zero attached hydrogens (tertiary/aromatic N) is 4. The molecule has 1 saturated carbocycles. The van der Waals surface area contributed by atoms with Crippen LogP contribution in [0.25, 0.3) is 0 Å². The average molecular weight is 319 g/mol. The van der Waals surface area contributed by atoms with Crippen molar-refractivity contribution in [2.24, 2.45) is 7.05 Å². The molecular formula is C17H29N5O. The van der Waals surface area contributed by atoms with Crippen LogP contribution in [0.5, 0.6) is 0 Å². The minimum absolute atomic E-state index is 0.0235. The molecule has 6 heteroatoms. The average Bonchev–Trinajstić information content (AvgIpc) is 3.01. The summed E-state index contributed by atoms with van der Waals surface area (Å²) in [6.45, 7) is 8.08. The molecule has 0 bridgehead atoms. The lowest BCUT2D eigenvalue weighted by Crippen LogP contribution is -2.53. The van der Waals surface area contributed by atoms with Gasteiger partial charge in [-0.05, 0) is 52.6 Å². The summed E-state index contributed by atoms with van der Waals surface area (Å²) in [5, 5.41) is 7.36. The summed E-state index contributed by atoms with van der Waals surface area (Å²) < 4.78 is 1.79. The topological polar surface area (TPSA) is 53.4 Å². The van der Waals surface area contributed by atoms with Gasteiger partial charge in [0.25, 0.3) is 0 Å². The van der Waals surface area contributed by atoms with Gasteiger partial charge in [0.05, 0.1) is 12.7 Å². The van der Waals surface area contributed by atoms with Crippen molar-refractivity contribution >= 4 is 6.03 Å². The quantitative estimate of drug-likeness (QED) is 0.872. The number of nitrogens with one attached hydrogen (secondary N) is 1. The van der Waals surface area contributed by atoms with Crippen molar-refractivity contribution in [1.82, 2.24) is 24.9 Å². The monoisotopic (exact) mass is 319 g/mol. The number of carbonyl (C=O) groups is 1. The van der Waals surface area contributed by atoms with E-state index in [9.17, 15) is 4.79 Å². The Morgan fingerprint density at radius 3 is 2.65 bits per heavy atom. The zero-order valence-corrected chi connectivity index (χ0v) is 14.6. The summed E-state index contributed by atoms with van der Waals surface area (Å²) >= 11 is 0. The van der Waals surface area contributed by atoms with Crippen molar-refractivity contribution < 1.29 is 4.79 Å². The van der Waals surface area contributed by atoms with E-state index in [1.54, 1.807) is 4.68 Å². The van der Waals surface area contributed by atoms with Crippen molar-refractivity contribution in [1.29, 1.82) is 0 Å². The van der Waals surface area contributed by atoms with Crippen molar-refractivity contribution in [3.63, 3.8) is 0 Å². The Morgan fingerprint density at radius 1 is 1.39 bits per heavy atom. The maximum atomic E-state index is 12.7. The van der Waals surface area contributed by atoms with Crippen LogP contribution in [0.3, 0.4) is 0 Å². The smallest absolute Gasteiger partial charge is 0.318 e. The van der Waals surface area contributed by atoms with Crippen LogP contribution in [-0.2, 0) is 13.6 Å². The molecular weight excluding hydrogens is 290 g/mol. The van der Waals surface area contributed by atoms with Crippen LogP contribution < -0.4 is 5.32 Å². The SMILES string of the molecule is Cn1cc(CN(C(=O)NCC(C)(C)N2CCCC2)C2CC2)cn1. The van der Waals surface area contributed by atoms with Crippen LogP contribution in [0, 0.1) is 0 Å². The number of amides is 2. The Kier molecular flexibility index (Phi) is 4.62. The van der Waals surface area contributed by atoms with Gasteiger partial charge in [0, 0.05) is 36.9 Å². The highest BCUT2D eigenvalue weighted by Crippen LogP contribution is 2.28. The third-order valence-corrected chi connectivity index (χ3v) is 4.99. The molecule has 128 valence electrons. The third kappa shape index (κ3) is 4.05. The van der Waals surface area contributed by atoms with E-state index in [1.165, 1.54) is 12.8 Å². The van der Waals surface area contributed by atoms with Crippen LogP contribution in [0.4, 0.5) is 4.79 Å². The molecule has 0 unspecified atom stereocenters. The van der Waals surface area contributed by atoms with Gasteiger partial charge in [-0.25, -0.2) is 4.79 Å². The first-order valence-electron chi connectivity index (χ1n) is 8.73. The van der Waals surface area contributed by atoms with Gasteiger partial charge in [-0.1, -0.05) is 0 Å². The Hall–Kier alpha value is -1.56. The number of hydrogen-bond donors (Lipinski definition) is 1. The molecule has 23 heavy (non-hydrogen) atoms. The molecule has 1 aliphatic heterocycles. The highest BCUT2D eigenvalue weighted by Gasteiger charge is 2.34. The second kappa shape index (κ2) is 6.51. The summed E-state index contributed by atoms with van der Waals surface area (Å²) in [5.74, 6) is 0. The largest absolute Gasteiger partial charge is 0.336 e. The molecule has 1 aromatic rings. The number of rotatable bonds is 6. The summed E-state index contributed by atoms with van der Waals surface area (Å²) in [5.41, 5.74) is 1.11. The van der Waals surface area contributed by atoms with Crippen LogP contribution in [0.15, 0.2) is 12.4 Å². The molecule has 1 aromatic heterocycles. The van der Waals surface area contributed by atoms with Gasteiger partial charge in [-0.15, -0.1) is 0 Å². The van der Waals surface area contributed by atoms with Crippen LogP contribution in [0.2, 0.25) is 0 Å². The van der Waals surface area contributed by atoms with Crippen LogP contribution >= 0.6 is 0 Å². The van der Waals surface area contributed by atoms with Gasteiger partial charge in [-0.3, -0.25) is 9.58 Å². The maximum Gasteiger partial charge on any atom is 0.318 e. The summed E-state index contributed by atoms with van der Waals surface area (Å²) in [6, 6.07) is 0.453. The lowest BCUT2D eigenvalue weighted by atomic mass is 10.0. The lowest BCUT2D eigenvalue weighted by molar-refractivity contribution is 0.143. The van der Waals surface area contributed by atoms with Gasteiger partial charge >= 0.3 is 6.03 Å². The van der Waals surface area contributed by atoms with E-state index in [0.29, 0.717) is 19.1 Å². The van der Waals surface area contributed by atoms with E-state index in [4.69, 9.17) is 0 Å². The summed E-state index contributed by atoms with van der Waals surface area (Å²) in [6.07, 6.45) is 8.60. The second-order valence-electron chi connectivity index (χ2n) is 7.55. The fourth-order valence-electron chi connectivity index (χ4n) is 3.33. The highest BCUT2D eigenvalue weighted by molar-refractivity contribution is 5.75. The molecule has 0 spiro atoms. The molecule has 1 N–H and O–H groups in total. The molecule has 0 radical (unpaired) electrons. The molecule has 1 aliphatic carbocycles. The van der Waals surface area contributed by atoms with E-state index in [-0.39, 0.29) is 11.6 Å². The molecule has 2 fully saturated rings. The Bertz CT molecular complexity index is 543. The first-order chi connectivity index (χ1) is 11.0. The third-order valence-electron chi connectivity index (χ3n) is 4.99. The predicted molar refractivity (Wildman–Crippen MR) is 90.1 cm³/mol. The van der Waals surface area contributed by atoms with E-state index >= 15 is 0 Å². The second-order valence-corrected chi connectivity index (χ2v) is 7.55. The van der Waals surface area contributed by atoms with Crippen LogP contribution in [-0.4, -0.2) is 56.8 Å². The van der Waals surface area contributed by atoms with Crippen molar-refractivity contribution in [3.05, 3.63) is 18.0 Å². The molecule has 1 saturated heterocycles. The van der Waals surface area contributed by atoms with Gasteiger partial charge in [-0.2, -0.15) is 5.10 Å². The number of hydrogen-bond acceptors (Lipinski definition) is 3. The summed E-state index contributed by atoms with van der Waals surface area (Å²) in [4.78, 5) is 17.1. The minimum atomic E-state index is 0.0235. The summed E-state index contributed by atoms with van der Waals surface area (Å²) in [7, 11) is 1.91. The molecule has 2 amide bonds. The number of aryl methyl sites for hydroxylation is 1. The first-order valence-corrected chi connectivity index (χ1v) is 8.73.